The Bertz CT molecular complexity index is 584. The van der Waals surface area contributed by atoms with E-state index < -0.39 is 0 Å². The van der Waals surface area contributed by atoms with Crippen molar-refractivity contribution in [1.82, 2.24) is 5.32 Å². The van der Waals surface area contributed by atoms with Crippen molar-refractivity contribution in [3.8, 4) is 5.75 Å². The molecule has 0 radical (unpaired) electrons. The molecule has 2 N–H and O–H groups in total. The van der Waals surface area contributed by atoms with Crippen molar-refractivity contribution in [2.75, 3.05) is 12.3 Å². The quantitative estimate of drug-likeness (QED) is 0.807. The fourth-order valence-corrected chi connectivity index (χ4v) is 2.47. The molecule has 0 aliphatic rings. The molecule has 21 heavy (non-hydrogen) atoms. The number of rotatable bonds is 6. The molecule has 5 heteroatoms. The van der Waals surface area contributed by atoms with Crippen LogP contribution in [0.1, 0.15) is 5.56 Å². The predicted molar refractivity (Wildman–Crippen MR) is 81.9 cm³/mol. The molecule has 0 aliphatic heterocycles. The van der Waals surface area contributed by atoms with E-state index in [1.54, 1.807) is 36.4 Å². The average molecular weight is 305 g/mol. The highest BCUT2D eigenvalue weighted by atomic mass is 32.2. The molecule has 0 aliphatic carbocycles. The van der Waals surface area contributed by atoms with Crippen molar-refractivity contribution < 1.29 is 14.3 Å². The maximum Gasteiger partial charge on any atom is 0.230 e. The van der Waals surface area contributed by atoms with Gasteiger partial charge in [0.05, 0.1) is 5.75 Å². The van der Waals surface area contributed by atoms with E-state index in [2.05, 4.69) is 5.32 Å². The lowest BCUT2D eigenvalue weighted by atomic mass is 10.1. The molecule has 2 rings (SSSR count). The highest BCUT2D eigenvalue weighted by Gasteiger charge is 2.03. The monoisotopic (exact) mass is 305 g/mol. The lowest BCUT2D eigenvalue weighted by Gasteiger charge is -2.05. The van der Waals surface area contributed by atoms with Gasteiger partial charge in [-0.2, -0.15) is 0 Å². The summed E-state index contributed by atoms with van der Waals surface area (Å²) in [6.07, 6.45) is 0.676. The zero-order valence-electron chi connectivity index (χ0n) is 11.4. The van der Waals surface area contributed by atoms with Gasteiger partial charge in [-0.25, -0.2) is 4.39 Å². The maximum absolute atomic E-state index is 12.7. The number of thioether (sulfide) groups is 1. The minimum Gasteiger partial charge on any atom is -0.508 e. The van der Waals surface area contributed by atoms with Crippen LogP contribution in [0.4, 0.5) is 4.39 Å². The van der Waals surface area contributed by atoms with Crippen molar-refractivity contribution in [1.29, 1.82) is 0 Å². The van der Waals surface area contributed by atoms with Crippen LogP contribution in [0.15, 0.2) is 53.4 Å². The summed E-state index contributed by atoms with van der Waals surface area (Å²) in [4.78, 5) is 12.6. The van der Waals surface area contributed by atoms with Crippen molar-refractivity contribution >= 4 is 17.7 Å². The Balaban J connectivity index is 1.67. The molecule has 0 fully saturated rings. The zero-order chi connectivity index (χ0) is 15.1. The van der Waals surface area contributed by atoms with Gasteiger partial charge < -0.3 is 10.4 Å². The van der Waals surface area contributed by atoms with Crippen LogP contribution in [0.5, 0.6) is 5.75 Å². The lowest BCUT2D eigenvalue weighted by molar-refractivity contribution is -0.118. The Morgan fingerprint density at radius 2 is 1.76 bits per heavy atom. The summed E-state index contributed by atoms with van der Waals surface area (Å²) in [6.45, 7) is 0.528. The number of phenolic OH excluding ortho intramolecular Hbond substituents is 1. The number of nitrogens with one attached hydrogen (secondary N) is 1. The molecule has 0 spiro atoms. The summed E-state index contributed by atoms with van der Waals surface area (Å²) >= 11 is 1.41. The van der Waals surface area contributed by atoms with Crippen molar-refractivity contribution in [3.05, 3.63) is 59.9 Å². The highest BCUT2D eigenvalue weighted by Crippen LogP contribution is 2.20. The summed E-state index contributed by atoms with van der Waals surface area (Å²) in [7, 11) is 0. The third kappa shape index (κ3) is 5.47. The minimum atomic E-state index is -0.256. The van der Waals surface area contributed by atoms with Gasteiger partial charge in [0.2, 0.25) is 5.91 Å². The normalized spacial score (nSPS) is 10.3. The topological polar surface area (TPSA) is 49.3 Å². The number of halogens is 1. The van der Waals surface area contributed by atoms with Crippen LogP contribution in [-0.2, 0) is 11.2 Å². The number of benzene rings is 2. The average Bonchev–Trinajstić information content (AvgIpc) is 2.49. The van der Waals surface area contributed by atoms with Crippen LogP contribution in [0, 0.1) is 5.82 Å². The zero-order valence-corrected chi connectivity index (χ0v) is 12.2. The van der Waals surface area contributed by atoms with Crippen LogP contribution in [0.3, 0.4) is 0 Å². The number of amides is 1. The van der Waals surface area contributed by atoms with Gasteiger partial charge in [0.25, 0.3) is 0 Å². The molecule has 3 nitrogen and oxygen atoms in total. The third-order valence-corrected chi connectivity index (χ3v) is 3.87. The van der Waals surface area contributed by atoms with Crippen LogP contribution >= 0.6 is 11.8 Å². The molecule has 0 heterocycles. The third-order valence-electron chi connectivity index (χ3n) is 2.86. The Morgan fingerprint density at radius 1 is 1.10 bits per heavy atom. The minimum absolute atomic E-state index is 0.0461. The summed E-state index contributed by atoms with van der Waals surface area (Å²) in [5.74, 6) is 0.236. The van der Waals surface area contributed by atoms with Crippen molar-refractivity contribution in [2.24, 2.45) is 0 Å². The standard InChI is InChI=1S/C16H16FNO2S/c17-13-3-1-12(2-4-13)9-10-18-16(20)11-21-15-7-5-14(19)6-8-15/h1-8,19H,9-11H2,(H,18,20). The SMILES string of the molecule is O=C(CSc1ccc(O)cc1)NCCc1ccc(F)cc1. The van der Waals surface area contributed by atoms with Crippen LogP contribution in [-0.4, -0.2) is 23.3 Å². The van der Waals surface area contributed by atoms with Gasteiger partial charge in [-0.3, -0.25) is 4.79 Å². The maximum atomic E-state index is 12.7. The summed E-state index contributed by atoms with van der Waals surface area (Å²) in [5.41, 5.74) is 0.989. The molecule has 0 aromatic heterocycles. The van der Waals surface area contributed by atoms with Gasteiger partial charge in [-0.05, 0) is 48.4 Å². The van der Waals surface area contributed by atoms with Gasteiger partial charge in [0.15, 0.2) is 0 Å². The summed E-state index contributed by atoms with van der Waals surface area (Å²) in [6, 6.07) is 13.0. The van der Waals surface area contributed by atoms with E-state index in [1.165, 1.54) is 23.9 Å². The van der Waals surface area contributed by atoms with E-state index in [-0.39, 0.29) is 17.5 Å². The first kappa shape index (κ1) is 15.4. The molecule has 0 saturated heterocycles. The molecule has 0 bridgehead atoms. The van der Waals surface area contributed by atoms with Crippen LogP contribution in [0.25, 0.3) is 0 Å². The molecule has 110 valence electrons. The van der Waals surface area contributed by atoms with Gasteiger partial charge >= 0.3 is 0 Å². The lowest BCUT2D eigenvalue weighted by Crippen LogP contribution is -2.27. The highest BCUT2D eigenvalue weighted by molar-refractivity contribution is 8.00. The number of carbonyl (C=O) groups is 1. The second kappa shape index (κ2) is 7.69. The number of hydrogen-bond acceptors (Lipinski definition) is 3. The molecule has 0 unspecified atom stereocenters. The largest absolute Gasteiger partial charge is 0.508 e. The van der Waals surface area contributed by atoms with Gasteiger partial charge in [-0.1, -0.05) is 12.1 Å². The number of aromatic hydroxyl groups is 1. The van der Waals surface area contributed by atoms with Crippen LogP contribution in [0.2, 0.25) is 0 Å². The molecular weight excluding hydrogens is 289 g/mol. The number of hydrogen-bond donors (Lipinski definition) is 2. The number of phenols is 1. The molecular formula is C16H16FNO2S. The Kier molecular flexibility index (Phi) is 5.63. The summed E-state index contributed by atoms with van der Waals surface area (Å²) < 4.78 is 12.7. The second-order valence-corrected chi connectivity index (χ2v) is 5.56. The smallest absolute Gasteiger partial charge is 0.230 e. The molecule has 2 aromatic rings. The van der Waals surface area contributed by atoms with E-state index >= 15 is 0 Å². The van der Waals surface area contributed by atoms with Crippen molar-refractivity contribution in [3.63, 3.8) is 0 Å². The number of carbonyl (C=O) groups excluding carboxylic acids is 1. The fraction of sp³-hybridized carbons (Fsp3) is 0.188. The van der Waals surface area contributed by atoms with E-state index in [4.69, 9.17) is 5.11 Å². The summed E-state index contributed by atoms with van der Waals surface area (Å²) in [5, 5.41) is 12.0. The van der Waals surface area contributed by atoms with Crippen molar-refractivity contribution in [2.45, 2.75) is 11.3 Å². The van der Waals surface area contributed by atoms with Gasteiger partial charge in [-0.15, -0.1) is 11.8 Å². The Morgan fingerprint density at radius 3 is 2.43 bits per heavy atom. The fourth-order valence-electron chi connectivity index (χ4n) is 1.74. The first-order valence-corrected chi connectivity index (χ1v) is 7.55. The van der Waals surface area contributed by atoms with Crippen LogP contribution < -0.4 is 5.32 Å². The van der Waals surface area contributed by atoms with E-state index in [0.717, 1.165) is 10.5 Å². The van der Waals surface area contributed by atoms with E-state index in [0.29, 0.717) is 18.7 Å². The van der Waals surface area contributed by atoms with Gasteiger partial charge in [0, 0.05) is 11.4 Å². The Hall–Kier alpha value is -2.01. The Labute approximate surface area is 127 Å². The molecule has 0 saturated carbocycles. The first-order valence-electron chi connectivity index (χ1n) is 6.56. The molecule has 1 amide bonds. The second-order valence-electron chi connectivity index (χ2n) is 4.51. The van der Waals surface area contributed by atoms with E-state index in [1.807, 2.05) is 0 Å². The van der Waals surface area contributed by atoms with Gasteiger partial charge in [0.1, 0.15) is 11.6 Å². The molecule has 0 atom stereocenters. The predicted octanol–water partition coefficient (Wildman–Crippen LogP) is 2.98. The first-order chi connectivity index (χ1) is 10.1. The van der Waals surface area contributed by atoms with E-state index in [9.17, 15) is 9.18 Å². The molecule has 2 aromatic carbocycles.